The standard InChI is InChI=1S/C19H14Cl2N6O2S2/c20-15-6-1-11(7-16(15)21)17-10-30-18(26-17)12(8-22)9-25-13-2-4-14(5-3-13)31(28,29)27-19(23)24/h1-7,9-10,25H,(H4,23,24,27)/b12-9-. The van der Waals surface area contributed by atoms with Gasteiger partial charge >= 0.3 is 0 Å². The summed E-state index contributed by atoms with van der Waals surface area (Å²) in [5.74, 6) is -0.549. The molecule has 31 heavy (non-hydrogen) atoms. The summed E-state index contributed by atoms with van der Waals surface area (Å²) in [6.07, 6.45) is 1.48. The zero-order chi connectivity index (χ0) is 22.6. The molecular formula is C19H14Cl2N6O2S2. The highest BCUT2D eigenvalue weighted by Crippen LogP contribution is 2.31. The Bertz CT molecular complexity index is 1320. The third-order valence-corrected chi connectivity index (χ3v) is 6.77. The van der Waals surface area contributed by atoms with Crippen LogP contribution in [0.5, 0.6) is 0 Å². The predicted molar refractivity (Wildman–Crippen MR) is 124 cm³/mol. The summed E-state index contributed by atoms with van der Waals surface area (Å²) in [6, 6.07) is 13.0. The summed E-state index contributed by atoms with van der Waals surface area (Å²) in [6.45, 7) is 0. The Morgan fingerprint density at radius 2 is 1.87 bits per heavy atom. The molecule has 3 rings (SSSR count). The Kier molecular flexibility index (Phi) is 6.82. The minimum atomic E-state index is -3.97. The maximum Gasteiger partial charge on any atom is 0.285 e. The van der Waals surface area contributed by atoms with Gasteiger partial charge in [0, 0.05) is 22.8 Å². The van der Waals surface area contributed by atoms with E-state index in [9.17, 15) is 13.7 Å². The van der Waals surface area contributed by atoms with Crippen LogP contribution in [0.15, 0.2) is 63.3 Å². The molecule has 0 aliphatic rings. The predicted octanol–water partition coefficient (Wildman–Crippen LogP) is 4.06. The highest BCUT2D eigenvalue weighted by atomic mass is 35.5. The van der Waals surface area contributed by atoms with Gasteiger partial charge in [-0.15, -0.1) is 15.7 Å². The summed E-state index contributed by atoms with van der Waals surface area (Å²) in [5, 5.41) is 15.6. The number of thiazole rings is 1. The van der Waals surface area contributed by atoms with Gasteiger partial charge in [0.2, 0.25) is 5.96 Å². The third kappa shape index (κ3) is 5.53. The summed E-state index contributed by atoms with van der Waals surface area (Å²) in [7, 11) is -3.97. The average Bonchev–Trinajstić information content (AvgIpc) is 3.20. The number of guanidine groups is 1. The number of aromatic nitrogens is 1. The SMILES string of the molecule is N#C/C(=C/Nc1ccc(S(=O)(=O)N=C(N)N)cc1)c1nc(-c2ccc(Cl)c(Cl)c2)cs1. The fourth-order valence-corrected chi connectivity index (χ4v) is 4.35. The first-order valence-electron chi connectivity index (χ1n) is 8.44. The monoisotopic (exact) mass is 492 g/mol. The van der Waals surface area contributed by atoms with E-state index in [1.807, 2.05) is 5.38 Å². The number of nitrogens with two attached hydrogens (primary N) is 2. The number of nitriles is 1. The first-order chi connectivity index (χ1) is 14.7. The van der Waals surface area contributed by atoms with E-state index in [-0.39, 0.29) is 4.90 Å². The quantitative estimate of drug-likeness (QED) is 0.267. The molecule has 0 saturated carbocycles. The van der Waals surface area contributed by atoms with Crippen molar-refractivity contribution in [1.82, 2.24) is 4.98 Å². The lowest BCUT2D eigenvalue weighted by atomic mass is 10.2. The molecule has 1 aromatic heterocycles. The molecule has 2 aromatic carbocycles. The van der Waals surface area contributed by atoms with Gasteiger partial charge in [-0.05, 0) is 36.4 Å². The van der Waals surface area contributed by atoms with Gasteiger partial charge in [-0.2, -0.15) is 13.7 Å². The van der Waals surface area contributed by atoms with Crippen molar-refractivity contribution < 1.29 is 8.42 Å². The first-order valence-corrected chi connectivity index (χ1v) is 11.5. The van der Waals surface area contributed by atoms with Crippen molar-refractivity contribution in [3.8, 4) is 17.3 Å². The van der Waals surface area contributed by atoms with Crippen LogP contribution >= 0.6 is 34.5 Å². The first kappa shape index (κ1) is 22.6. The second-order valence-electron chi connectivity index (χ2n) is 6.00. The number of allylic oxidation sites excluding steroid dienone is 1. The number of halogens is 2. The van der Waals surface area contributed by atoms with E-state index in [0.717, 1.165) is 5.56 Å². The van der Waals surface area contributed by atoms with Gasteiger partial charge in [0.25, 0.3) is 10.0 Å². The smallest absolute Gasteiger partial charge is 0.285 e. The fraction of sp³-hybridized carbons (Fsp3) is 0. The molecule has 0 radical (unpaired) electrons. The van der Waals surface area contributed by atoms with Crippen molar-refractivity contribution in [1.29, 1.82) is 5.26 Å². The molecule has 5 N–H and O–H groups in total. The number of hydrogen-bond acceptors (Lipinski definition) is 6. The summed E-state index contributed by atoms with van der Waals surface area (Å²) < 4.78 is 27.2. The molecule has 0 aliphatic carbocycles. The summed E-state index contributed by atoms with van der Waals surface area (Å²) in [5.41, 5.74) is 12.6. The van der Waals surface area contributed by atoms with Crippen LogP contribution in [0.3, 0.4) is 0 Å². The Morgan fingerprint density at radius 3 is 2.48 bits per heavy atom. The minimum absolute atomic E-state index is 0.0675. The normalized spacial score (nSPS) is 11.6. The van der Waals surface area contributed by atoms with E-state index in [4.69, 9.17) is 34.7 Å². The molecule has 8 nitrogen and oxygen atoms in total. The van der Waals surface area contributed by atoms with E-state index in [2.05, 4.69) is 20.8 Å². The Morgan fingerprint density at radius 1 is 1.16 bits per heavy atom. The van der Waals surface area contributed by atoms with Gasteiger partial charge in [0.15, 0.2) is 0 Å². The fourth-order valence-electron chi connectivity index (χ4n) is 2.40. The van der Waals surface area contributed by atoms with Crippen molar-refractivity contribution in [2.75, 3.05) is 5.32 Å². The molecule has 0 unspecified atom stereocenters. The molecule has 0 aliphatic heterocycles. The molecule has 0 amide bonds. The minimum Gasteiger partial charge on any atom is -0.369 e. The molecule has 0 atom stereocenters. The van der Waals surface area contributed by atoms with Gasteiger partial charge in [0.05, 0.1) is 20.6 Å². The molecule has 0 bridgehead atoms. The summed E-state index contributed by atoms with van der Waals surface area (Å²) >= 11 is 13.3. The average molecular weight is 493 g/mol. The zero-order valence-corrected chi connectivity index (χ0v) is 18.7. The number of rotatable bonds is 6. The zero-order valence-electron chi connectivity index (χ0n) is 15.6. The third-order valence-electron chi connectivity index (χ3n) is 3.83. The molecule has 158 valence electrons. The van der Waals surface area contributed by atoms with Crippen LogP contribution in [0.25, 0.3) is 16.8 Å². The Balaban J connectivity index is 1.79. The lowest BCUT2D eigenvalue weighted by Gasteiger charge is -2.04. The largest absolute Gasteiger partial charge is 0.369 e. The van der Waals surface area contributed by atoms with Crippen molar-refractivity contribution in [3.63, 3.8) is 0 Å². The molecule has 3 aromatic rings. The maximum atomic E-state index is 12.0. The Hall–Kier alpha value is -3.10. The van der Waals surface area contributed by atoms with Gasteiger partial charge in [-0.3, -0.25) is 0 Å². The van der Waals surface area contributed by atoms with E-state index in [1.165, 1.54) is 41.8 Å². The second kappa shape index (κ2) is 9.36. The van der Waals surface area contributed by atoms with Crippen LogP contribution in [0.4, 0.5) is 5.69 Å². The van der Waals surface area contributed by atoms with Crippen molar-refractivity contribution in [2.24, 2.45) is 15.9 Å². The van der Waals surface area contributed by atoms with Crippen LogP contribution < -0.4 is 16.8 Å². The maximum absolute atomic E-state index is 12.0. The molecule has 12 heteroatoms. The topological polar surface area (TPSA) is 147 Å². The summed E-state index contributed by atoms with van der Waals surface area (Å²) in [4.78, 5) is 4.41. The number of anilines is 1. The Labute approximate surface area is 192 Å². The van der Waals surface area contributed by atoms with E-state index in [1.54, 1.807) is 18.2 Å². The van der Waals surface area contributed by atoms with Crippen LogP contribution in [0.2, 0.25) is 10.0 Å². The van der Waals surface area contributed by atoms with E-state index < -0.39 is 16.0 Å². The second-order valence-corrected chi connectivity index (χ2v) is 9.27. The molecule has 1 heterocycles. The number of nitrogens with zero attached hydrogens (tertiary/aromatic N) is 3. The molecule has 0 fully saturated rings. The number of sulfonamides is 1. The lowest BCUT2D eigenvalue weighted by Crippen LogP contribution is -2.24. The van der Waals surface area contributed by atoms with Gasteiger partial charge in [-0.25, -0.2) is 4.98 Å². The number of benzene rings is 2. The lowest BCUT2D eigenvalue weighted by molar-refractivity contribution is 0.598. The van der Waals surface area contributed by atoms with Crippen LogP contribution in [0.1, 0.15) is 5.01 Å². The number of hydrogen-bond donors (Lipinski definition) is 3. The van der Waals surface area contributed by atoms with Crippen LogP contribution in [0, 0.1) is 11.3 Å². The van der Waals surface area contributed by atoms with Crippen LogP contribution in [-0.4, -0.2) is 19.4 Å². The van der Waals surface area contributed by atoms with Crippen molar-refractivity contribution >= 4 is 61.8 Å². The van der Waals surface area contributed by atoms with Gasteiger partial charge < -0.3 is 16.8 Å². The highest BCUT2D eigenvalue weighted by Gasteiger charge is 2.13. The molecular weight excluding hydrogens is 479 g/mol. The molecule has 0 saturated heterocycles. The number of nitrogens with one attached hydrogen (secondary N) is 1. The van der Waals surface area contributed by atoms with Gasteiger partial charge in [-0.1, -0.05) is 29.3 Å². The van der Waals surface area contributed by atoms with E-state index >= 15 is 0 Å². The molecule has 0 spiro atoms. The van der Waals surface area contributed by atoms with Crippen LogP contribution in [-0.2, 0) is 10.0 Å². The van der Waals surface area contributed by atoms with Crippen molar-refractivity contribution in [2.45, 2.75) is 4.90 Å². The van der Waals surface area contributed by atoms with Crippen molar-refractivity contribution in [3.05, 3.63) is 69.1 Å². The van der Waals surface area contributed by atoms with E-state index in [0.29, 0.717) is 32.0 Å². The van der Waals surface area contributed by atoms with Gasteiger partial charge in [0.1, 0.15) is 16.6 Å². The highest BCUT2D eigenvalue weighted by molar-refractivity contribution is 7.90.